The SMILES string of the molecule is CC(C)[C@@H](c1nnnn1C[C@H]1CCCO1)N1CCN(Cc2ccc3c(c2)OCO3)CC1. The van der Waals surface area contributed by atoms with Gasteiger partial charge in [0, 0.05) is 39.3 Å². The molecule has 0 aliphatic carbocycles. The van der Waals surface area contributed by atoms with Crippen molar-refractivity contribution >= 4 is 0 Å². The molecule has 2 aromatic rings. The number of benzene rings is 1. The molecule has 168 valence electrons. The fourth-order valence-electron chi connectivity index (χ4n) is 4.91. The summed E-state index contributed by atoms with van der Waals surface area (Å²) in [4.78, 5) is 5.04. The number of fused-ring (bicyclic) bond motifs is 1. The molecule has 0 radical (unpaired) electrons. The number of rotatable bonds is 7. The predicted molar refractivity (Wildman–Crippen MR) is 114 cm³/mol. The second-order valence-electron chi connectivity index (χ2n) is 9.04. The molecule has 0 unspecified atom stereocenters. The quantitative estimate of drug-likeness (QED) is 0.664. The summed E-state index contributed by atoms with van der Waals surface area (Å²) in [5, 5.41) is 12.7. The molecule has 2 fully saturated rings. The van der Waals surface area contributed by atoms with Gasteiger partial charge in [0.05, 0.1) is 18.7 Å². The van der Waals surface area contributed by atoms with E-state index in [2.05, 4.69) is 51.3 Å². The minimum atomic E-state index is 0.212. The van der Waals surface area contributed by atoms with Crippen molar-refractivity contribution in [1.29, 1.82) is 0 Å². The highest BCUT2D eigenvalue weighted by Crippen LogP contribution is 2.33. The van der Waals surface area contributed by atoms with Crippen LogP contribution in [0.3, 0.4) is 0 Å². The van der Waals surface area contributed by atoms with Gasteiger partial charge >= 0.3 is 0 Å². The summed E-state index contributed by atoms with van der Waals surface area (Å²) in [6, 6.07) is 6.46. The molecule has 1 aromatic heterocycles. The summed E-state index contributed by atoms with van der Waals surface area (Å²) in [7, 11) is 0. The summed E-state index contributed by atoms with van der Waals surface area (Å²) in [6.45, 7) is 11.4. The molecule has 3 aliphatic rings. The number of tetrazole rings is 1. The highest BCUT2D eigenvalue weighted by Gasteiger charge is 2.32. The van der Waals surface area contributed by atoms with E-state index in [0.29, 0.717) is 12.7 Å². The van der Waals surface area contributed by atoms with Crippen molar-refractivity contribution in [3.05, 3.63) is 29.6 Å². The van der Waals surface area contributed by atoms with Gasteiger partial charge in [-0.1, -0.05) is 19.9 Å². The van der Waals surface area contributed by atoms with Crippen LogP contribution in [0.4, 0.5) is 0 Å². The fourth-order valence-corrected chi connectivity index (χ4v) is 4.91. The number of hydrogen-bond acceptors (Lipinski definition) is 8. The second-order valence-corrected chi connectivity index (χ2v) is 9.04. The molecule has 9 heteroatoms. The van der Waals surface area contributed by atoms with E-state index in [1.807, 2.05) is 10.7 Å². The molecule has 4 heterocycles. The van der Waals surface area contributed by atoms with Crippen molar-refractivity contribution in [1.82, 2.24) is 30.0 Å². The molecule has 0 spiro atoms. The van der Waals surface area contributed by atoms with E-state index in [4.69, 9.17) is 14.2 Å². The topological polar surface area (TPSA) is 77.8 Å². The number of nitrogens with zero attached hydrogens (tertiary/aromatic N) is 6. The Balaban J connectivity index is 1.22. The van der Waals surface area contributed by atoms with Gasteiger partial charge in [-0.2, -0.15) is 0 Å². The van der Waals surface area contributed by atoms with Crippen molar-refractivity contribution in [2.24, 2.45) is 5.92 Å². The zero-order chi connectivity index (χ0) is 21.2. The zero-order valence-corrected chi connectivity index (χ0v) is 18.4. The minimum absolute atomic E-state index is 0.212. The maximum Gasteiger partial charge on any atom is 0.231 e. The predicted octanol–water partition coefficient (Wildman–Crippen LogP) is 2.10. The number of hydrogen-bond donors (Lipinski definition) is 0. The highest BCUT2D eigenvalue weighted by molar-refractivity contribution is 5.44. The van der Waals surface area contributed by atoms with E-state index < -0.39 is 0 Å². The van der Waals surface area contributed by atoms with Crippen molar-refractivity contribution < 1.29 is 14.2 Å². The lowest BCUT2D eigenvalue weighted by Gasteiger charge is -2.40. The standard InChI is InChI=1S/C22H32N6O3/c1-16(2)21(22-23-24-25-28(22)14-18-4-3-11-29-18)27-9-7-26(8-10-27)13-17-5-6-19-20(12-17)31-15-30-19/h5-6,12,16,18,21H,3-4,7-11,13-15H2,1-2H3/t18-,21+/m1/s1. The van der Waals surface area contributed by atoms with Crippen LogP contribution in [0.1, 0.15) is 44.1 Å². The van der Waals surface area contributed by atoms with Crippen molar-refractivity contribution in [3.8, 4) is 11.5 Å². The normalized spacial score (nSPS) is 23.0. The Hall–Kier alpha value is -2.23. The number of aromatic nitrogens is 4. The molecule has 9 nitrogen and oxygen atoms in total. The molecule has 0 amide bonds. The van der Waals surface area contributed by atoms with Gasteiger partial charge in [0.25, 0.3) is 0 Å². The van der Waals surface area contributed by atoms with E-state index in [1.54, 1.807) is 0 Å². The van der Waals surface area contributed by atoms with Crippen LogP contribution < -0.4 is 9.47 Å². The average Bonchev–Trinajstić information content (AvgIpc) is 3.52. The summed E-state index contributed by atoms with van der Waals surface area (Å²) >= 11 is 0. The van der Waals surface area contributed by atoms with Gasteiger partial charge in [-0.05, 0) is 46.9 Å². The maximum absolute atomic E-state index is 5.81. The molecule has 0 N–H and O–H groups in total. The van der Waals surface area contributed by atoms with Crippen LogP contribution in [0.2, 0.25) is 0 Å². The Morgan fingerprint density at radius 1 is 1.10 bits per heavy atom. The lowest BCUT2D eigenvalue weighted by atomic mass is 10.0. The molecule has 3 aliphatic heterocycles. The Morgan fingerprint density at radius 2 is 1.94 bits per heavy atom. The van der Waals surface area contributed by atoms with E-state index in [9.17, 15) is 0 Å². The molecule has 2 saturated heterocycles. The van der Waals surface area contributed by atoms with Gasteiger partial charge in [0.2, 0.25) is 6.79 Å². The van der Waals surface area contributed by atoms with E-state index in [1.165, 1.54) is 5.56 Å². The van der Waals surface area contributed by atoms with E-state index >= 15 is 0 Å². The first-order valence-electron chi connectivity index (χ1n) is 11.4. The third-order valence-electron chi connectivity index (χ3n) is 6.50. The summed E-state index contributed by atoms with van der Waals surface area (Å²) < 4.78 is 18.7. The Morgan fingerprint density at radius 3 is 2.71 bits per heavy atom. The molecular formula is C22H32N6O3. The van der Waals surface area contributed by atoms with Crippen molar-refractivity contribution in [3.63, 3.8) is 0 Å². The van der Waals surface area contributed by atoms with Gasteiger partial charge in [0.15, 0.2) is 17.3 Å². The monoisotopic (exact) mass is 428 g/mol. The van der Waals surface area contributed by atoms with Crippen LogP contribution in [-0.2, 0) is 17.8 Å². The van der Waals surface area contributed by atoms with Crippen molar-refractivity contribution in [2.75, 3.05) is 39.6 Å². The minimum Gasteiger partial charge on any atom is -0.454 e. The molecule has 2 atom stereocenters. The maximum atomic E-state index is 5.81. The molecule has 1 aromatic carbocycles. The first-order valence-corrected chi connectivity index (χ1v) is 11.4. The van der Waals surface area contributed by atoms with E-state index in [0.717, 1.165) is 76.0 Å². The van der Waals surface area contributed by atoms with Crippen molar-refractivity contribution in [2.45, 2.75) is 51.9 Å². The van der Waals surface area contributed by atoms with Gasteiger partial charge in [-0.25, -0.2) is 4.68 Å². The summed E-state index contributed by atoms with van der Waals surface area (Å²) in [6.07, 6.45) is 2.44. The van der Waals surface area contributed by atoms with Crippen LogP contribution in [0.15, 0.2) is 18.2 Å². The molecule has 31 heavy (non-hydrogen) atoms. The molecule has 5 rings (SSSR count). The van der Waals surface area contributed by atoms with Crippen LogP contribution in [0.5, 0.6) is 11.5 Å². The molecule has 0 bridgehead atoms. The lowest BCUT2D eigenvalue weighted by Crippen LogP contribution is -2.48. The average molecular weight is 429 g/mol. The van der Waals surface area contributed by atoms with Gasteiger partial charge in [-0.3, -0.25) is 9.80 Å². The summed E-state index contributed by atoms with van der Waals surface area (Å²) in [5.41, 5.74) is 1.26. The van der Waals surface area contributed by atoms with E-state index in [-0.39, 0.29) is 12.1 Å². The largest absolute Gasteiger partial charge is 0.454 e. The zero-order valence-electron chi connectivity index (χ0n) is 18.4. The van der Waals surface area contributed by atoms with Crippen LogP contribution >= 0.6 is 0 Å². The first-order chi connectivity index (χ1) is 15.2. The van der Waals surface area contributed by atoms with Gasteiger partial charge in [0.1, 0.15) is 0 Å². The first kappa shape index (κ1) is 20.7. The Labute approximate surface area is 183 Å². The molecular weight excluding hydrogens is 396 g/mol. The lowest BCUT2D eigenvalue weighted by molar-refractivity contribution is 0.0607. The summed E-state index contributed by atoms with van der Waals surface area (Å²) in [5.74, 6) is 3.09. The fraction of sp³-hybridized carbons (Fsp3) is 0.682. The van der Waals surface area contributed by atoms with Crippen LogP contribution in [-0.4, -0.2) is 75.7 Å². The van der Waals surface area contributed by atoms with Crippen LogP contribution in [0.25, 0.3) is 0 Å². The number of ether oxygens (including phenoxy) is 3. The smallest absolute Gasteiger partial charge is 0.231 e. The van der Waals surface area contributed by atoms with Gasteiger partial charge in [-0.15, -0.1) is 5.10 Å². The van der Waals surface area contributed by atoms with Crippen LogP contribution in [0, 0.1) is 5.92 Å². The van der Waals surface area contributed by atoms with Gasteiger partial charge < -0.3 is 14.2 Å². The Kier molecular flexibility index (Phi) is 6.06. The highest BCUT2D eigenvalue weighted by atomic mass is 16.7. The molecule has 0 saturated carbocycles. The second kappa shape index (κ2) is 9.10. The third kappa shape index (κ3) is 4.53. The Bertz CT molecular complexity index is 874. The third-order valence-corrected chi connectivity index (χ3v) is 6.50. The number of piperazine rings is 1.